The minimum absolute atomic E-state index is 0.00536. The minimum Gasteiger partial charge on any atom is -0.481 e. The summed E-state index contributed by atoms with van der Waals surface area (Å²) in [7, 11) is 1.50. The van der Waals surface area contributed by atoms with Crippen molar-refractivity contribution in [1.82, 2.24) is 0 Å². The summed E-state index contributed by atoms with van der Waals surface area (Å²) in [5, 5.41) is 31.8. The lowest BCUT2D eigenvalue weighted by molar-refractivity contribution is -0.202. The molecule has 0 aromatic rings. The number of carboxylic acids is 1. The number of aliphatic hydroxyl groups excluding tert-OH is 2. The van der Waals surface area contributed by atoms with Gasteiger partial charge in [0.1, 0.15) is 0 Å². The Morgan fingerprint density at radius 1 is 0.507 bits per heavy atom. The standard InChI is InChI=1S/C31H48O4.C30H46O4/c1-26(2)22-9-12-31(7)24(29(22,5)11-10-23(26)33)21(32)17-19-20-18-28(4,25(34)35-8)14-13-27(20,3)15-16-30(19,31)6;1-25(2)21-8-11-30(7)23(28(21,5)10-9-22(25)32)20(31)16-18-19-17-27(4,24(33)34)13-12-26(19,3)14-15-29(18,30)6/h17,20,22-24,33H,9-16,18H2,1-8H3;16,19,21-23,32H,8-15,17H2,1-7H3,(H,33,34)/t20-,22+,23+,24-,27-,28+,29+,30-,31-;19-,21+,22+,23-,26-,27+,28+,29-,30-/m11/s1. The van der Waals surface area contributed by atoms with Crippen LogP contribution in [0.3, 0.4) is 0 Å². The second kappa shape index (κ2) is 15.6. The molecule has 0 aliphatic heterocycles. The molecule has 0 heterocycles. The zero-order valence-electron chi connectivity index (χ0n) is 45.9. The number of esters is 1. The number of ketones is 2. The summed E-state index contributed by atoms with van der Waals surface area (Å²) in [6.07, 6.45) is 20.5. The van der Waals surface area contributed by atoms with E-state index < -0.39 is 16.8 Å². The average Bonchev–Trinajstić information content (AvgIpc) is 3.26. The molecule has 8 fully saturated rings. The van der Waals surface area contributed by atoms with E-state index in [1.165, 1.54) is 18.3 Å². The first-order valence-electron chi connectivity index (χ1n) is 27.8. The number of methoxy groups -OCH3 is 1. The SMILES string of the molecule is CC1(C)[C@@H](O)CC[C@]2(C)[C@H]3C(=O)C=C4[C@H]5C[C@@](C)(C(=O)O)CC[C@]5(C)CC[C@@]4(C)[C@]3(C)CC[C@@H]12.COC(=O)[C@@]1(C)CC[C@]2(C)CC[C@]3(C)C(=CC(=O)[C@@H]4[C@@]5(C)CC[C@H](O)C(C)(C)[C@@H]5CC[C@]43C)[C@H]2C1. The largest absolute Gasteiger partial charge is 0.481 e. The van der Waals surface area contributed by atoms with Gasteiger partial charge >= 0.3 is 11.9 Å². The van der Waals surface area contributed by atoms with E-state index in [0.29, 0.717) is 24.0 Å². The number of carbonyl (C=O) groups excluding carboxylic acids is 3. The molecule has 8 heteroatoms. The number of carboxylic acid groups (broad SMARTS) is 1. The third-order valence-electron chi connectivity index (χ3n) is 26.3. The van der Waals surface area contributed by atoms with E-state index in [-0.39, 0.29) is 102 Å². The Hall–Kier alpha value is -2.32. The highest BCUT2D eigenvalue weighted by Crippen LogP contribution is 2.77. The number of aliphatic carboxylic acids is 1. The topological polar surface area (TPSA) is 138 Å². The van der Waals surface area contributed by atoms with Gasteiger partial charge in [-0.25, -0.2) is 0 Å². The lowest BCUT2D eigenvalue weighted by atomic mass is 9.33. The van der Waals surface area contributed by atoms with Crippen molar-refractivity contribution in [2.75, 3.05) is 7.11 Å². The highest BCUT2D eigenvalue weighted by Gasteiger charge is 2.72. The Balaban J connectivity index is 0.000000172. The molecule has 0 unspecified atom stereocenters. The molecule has 386 valence electrons. The maximum atomic E-state index is 14.3. The van der Waals surface area contributed by atoms with Crippen molar-refractivity contribution >= 4 is 23.5 Å². The van der Waals surface area contributed by atoms with Gasteiger partial charge in [-0.3, -0.25) is 19.2 Å². The Kier molecular flexibility index (Phi) is 11.7. The fourth-order valence-electron chi connectivity index (χ4n) is 21.0. The third-order valence-corrected chi connectivity index (χ3v) is 26.3. The number of hydrogen-bond donors (Lipinski definition) is 3. The van der Waals surface area contributed by atoms with Gasteiger partial charge in [-0.05, 0) is 219 Å². The van der Waals surface area contributed by atoms with Gasteiger partial charge in [0.25, 0.3) is 0 Å². The summed E-state index contributed by atoms with van der Waals surface area (Å²) in [6.45, 7) is 32.0. The van der Waals surface area contributed by atoms with Crippen LogP contribution >= 0.6 is 0 Å². The van der Waals surface area contributed by atoms with Gasteiger partial charge in [-0.15, -0.1) is 0 Å². The van der Waals surface area contributed by atoms with Crippen LogP contribution in [0.2, 0.25) is 0 Å². The monoisotopic (exact) mass is 955 g/mol. The molecule has 0 bridgehead atoms. The highest BCUT2D eigenvalue weighted by atomic mass is 16.5. The molecule has 8 saturated carbocycles. The van der Waals surface area contributed by atoms with Crippen LogP contribution in [0.5, 0.6) is 0 Å². The van der Waals surface area contributed by atoms with Crippen LogP contribution in [0, 0.1) is 100 Å². The van der Waals surface area contributed by atoms with Crippen molar-refractivity contribution in [3.8, 4) is 0 Å². The summed E-state index contributed by atoms with van der Waals surface area (Å²) in [5.41, 5.74) is 0.732. The zero-order valence-corrected chi connectivity index (χ0v) is 45.9. The quantitative estimate of drug-likeness (QED) is 0.233. The Morgan fingerprint density at radius 2 is 0.870 bits per heavy atom. The van der Waals surface area contributed by atoms with Gasteiger partial charge in [-0.2, -0.15) is 0 Å². The van der Waals surface area contributed by atoms with Gasteiger partial charge in [0.05, 0.1) is 30.1 Å². The molecule has 18 atom stereocenters. The van der Waals surface area contributed by atoms with E-state index >= 15 is 0 Å². The molecule has 8 nitrogen and oxygen atoms in total. The molecule has 10 aliphatic carbocycles. The number of allylic oxidation sites excluding steroid dienone is 4. The Bertz CT molecular complexity index is 2260. The predicted octanol–water partition coefficient (Wildman–Crippen LogP) is 12.9. The lowest BCUT2D eigenvalue weighted by Gasteiger charge is -2.70. The molecule has 0 saturated heterocycles. The van der Waals surface area contributed by atoms with Crippen molar-refractivity contribution < 1.29 is 39.2 Å². The molecule has 0 radical (unpaired) electrons. The first kappa shape index (κ1) is 51.6. The summed E-state index contributed by atoms with van der Waals surface area (Å²) < 4.78 is 5.25. The van der Waals surface area contributed by atoms with Crippen LogP contribution in [0.15, 0.2) is 23.3 Å². The number of ether oxygens (including phenoxy) is 1. The average molecular weight is 955 g/mol. The molecule has 10 rings (SSSR count). The second-order valence-electron chi connectivity index (χ2n) is 30.1. The number of fused-ring (bicyclic) bond motifs is 14. The zero-order chi connectivity index (χ0) is 50.9. The van der Waals surface area contributed by atoms with Crippen LogP contribution in [0.4, 0.5) is 0 Å². The molecule has 0 aromatic carbocycles. The summed E-state index contributed by atoms with van der Waals surface area (Å²) in [5.74, 6) is 0.865. The van der Waals surface area contributed by atoms with Gasteiger partial charge in [0.15, 0.2) is 11.6 Å². The fraction of sp³-hybridized carbons (Fsp3) is 0.869. The number of carbonyl (C=O) groups is 4. The van der Waals surface area contributed by atoms with Crippen molar-refractivity contribution in [1.29, 1.82) is 0 Å². The summed E-state index contributed by atoms with van der Waals surface area (Å²) in [6, 6.07) is 0. The van der Waals surface area contributed by atoms with Gasteiger partial charge in [0, 0.05) is 11.8 Å². The first-order chi connectivity index (χ1) is 31.6. The molecular formula is C61H94O8. The predicted molar refractivity (Wildman–Crippen MR) is 271 cm³/mol. The number of rotatable bonds is 2. The van der Waals surface area contributed by atoms with Gasteiger partial charge in [-0.1, -0.05) is 94.2 Å². The van der Waals surface area contributed by atoms with E-state index in [1.807, 2.05) is 13.0 Å². The maximum absolute atomic E-state index is 14.3. The van der Waals surface area contributed by atoms with Crippen LogP contribution in [-0.2, 0) is 23.9 Å². The van der Waals surface area contributed by atoms with E-state index in [4.69, 9.17) is 4.74 Å². The molecule has 69 heavy (non-hydrogen) atoms. The maximum Gasteiger partial charge on any atom is 0.311 e. The van der Waals surface area contributed by atoms with Crippen molar-refractivity contribution in [3.05, 3.63) is 23.3 Å². The third kappa shape index (κ3) is 6.68. The van der Waals surface area contributed by atoms with Crippen molar-refractivity contribution in [3.63, 3.8) is 0 Å². The van der Waals surface area contributed by atoms with Crippen LogP contribution in [0.1, 0.15) is 213 Å². The number of aliphatic hydroxyl groups is 2. The normalized spacial score (nSPS) is 53.5. The number of hydrogen-bond acceptors (Lipinski definition) is 7. The lowest BCUT2D eigenvalue weighted by Crippen LogP contribution is -2.66. The Labute approximate surface area is 416 Å². The molecule has 0 amide bonds. The van der Waals surface area contributed by atoms with E-state index in [0.717, 1.165) is 109 Å². The molecular weight excluding hydrogens is 861 g/mol. The summed E-state index contributed by atoms with van der Waals surface area (Å²) >= 11 is 0. The van der Waals surface area contributed by atoms with Crippen molar-refractivity contribution in [2.24, 2.45) is 100 Å². The van der Waals surface area contributed by atoms with E-state index in [2.05, 4.69) is 96.1 Å². The van der Waals surface area contributed by atoms with Gasteiger partial charge in [0.2, 0.25) is 0 Å². The van der Waals surface area contributed by atoms with Crippen LogP contribution in [0.25, 0.3) is 0 Å². The van der Waals surface area contributed by atoms with E-state index in [9.17, 15) is 34.5 Å². The van der Waals surface area contributed by atoms with Crippen molar-refractivity contribution in [2.45, 2.75) is 225 Å². The Morgan fingerprint density at radius 3 is 1.25 bits per heavy atom. The van der Waals surface area contributed by atoms with Crippen LogP contribution in [-0.4, -0.2) is 58.1 Å². The molecule has 10 aliphatic rings. The minimum atomic E-state index is -0.711. The van der Waals surface area contributed by atoms with Gasteiger partial charge < -0.3 is 20.1 Å². The second-order valence-corrected chi connectivity index (χ2v) is 30.1. The molecule has 0 spiro atoms. The smallest absolute Gasteiger partial charge is 0.311 e. The van der Waals surface area contributed by atoms with Crippen LogP contribution < -0.4 is 0 Å². The fourth-order valence-corrected chi connectivity index (χ4v) is 21.0. The highest BCUT2D eigenvalue weighted by molar-refractivity contribution is 5.96. The van der Waals surface area contributed by atoms with E-state index in [1.54, 1.807) is 0 Å². The summed E-state index contributed by atoms with van der Waals surface area (Å²) in [4.78, 5) is 53.5. The molecule has 0 aromatic heterocycles. The first-order valence-corrected chi connectivity index (χ1v) is 27.8. The molecule has 3 N–H and O–H groups in total.